The van der Waals surface area contributed by atoms with Crippen molar-refractivity contribution in [1.29, 1.82) is 0 Å². The Morgan fingerprint density at radius 1 is 0.818 bits per heavy atom. The maximum absolute atomic E-state index is 13.9. The average molecular weight is 609 g/mol. The minimum Gasteiger partial charge on any atom is -0.492 e. The van der Waals surface area contributed by atoms with Gasteiger partial charge in [-0.05, 0) is 112 Å². The van der Waals surface area contributed by atoms with Crippen LogP contribution in [0.5, 0.6) is 5.75 Å². The van der Waals surface area contributed by atoms with Crippen molar-refractivity contribution in [3.63, 3.8) is 0 Å². The van der Waals surface area contributed by atoms with Crippen molar-refractivity contribution in [2.24, 2.45) is 0 Å². The topological polar surface area (TPSA) is 58.6 Å². The lowest BCUT2D eigenvalue weighted by Gasteiger charge is -2.30. The van der Waals surface area contributed by atoms with E-state index in [1.165, 1.54) is 24.3 Å². The Hall–Kier alpha value is -4.24. The number of hydrogen-bond acceptors (Lipinski definition) is 4. The number of amides is 1. The summed E-state index contributed by atoms with van der Waals surface area (Å²) in [6.45, 7) is 9.81. The van der Waals surface area contributed by atoms with Gasteiger partial charge in [0.15, 0.2) is 29.1 Å². The summed E-state index contributed by atoms with van der Waals surface area (Å²) >= 11 is 0. The molecule has 0 atom stereocenters. The first kappa shape index (κ1) is 32.7. The highest BCUT2D eigenvalue weighted by atomic mass is 19.2. The van der Waals surface area contributed by atoms with Crippen LogP contribution >= 0.6 is 0 Å². The molecular formula is C35H36F4N2O3. The van der Waals surface area contributed by atoms with Gasteiger partial charge in [0, 0.05) is 41.4 Å². The lowest BCUT2D eigenvalue weighted by atomic mass is 9.83. The van der Waals surface area contributed by atoms with E-state index in [1.54, 1.807) is 24.3 Å². The standard InChI is InChI=1S/C35H36F4N2O3/c1-21(2)41(22(3)4)13-14-44-29-9-7-25(8-10-29)35(43)40-28-19-26(15-23-5-11-30(36)32(38)17-23)34(42)27(20-28)16-24-6-12-31(37)33(39)18-24/h5-12,15-18,21-22,28H,13-14,19-20H2,1-4H3,(H,40,43)/b26-15+,27-16+. The Kier molecular flexibility index (Phi) is 10.8. The largest absolute Gasteiger partial charge is 0.492 e. The smallest absolute Gasteiger partial charge is 0.251 e. The van der Waals surface area contributed by atoms with Crippen LogP contribution in [0.2, 0.25) is 0 Å². The van der Waals surface area contributed by atoms with Gasteiger partial charge in [0.1, 0.15) is 12.4 Å². The number of benzene rings is 3. The Bertz CT molecular complexity index is 1480. The summed E-state index contributed by atoms with van der Waals surface area (Å²) in [4.78, 5) is 28.9. The Morgan fingerprint density at radius 3 is 1.77 bits per heavy atom. The van der Waals surface area contributed by atoms with Gasteiger partial charge in [-0.25, -0.2) is 17.6 Å². The predicted molar refractivity (Wildman–Crippen MR) is 163 cm³/mol. The van der Waals surface area contributed by atoms with Gasteiger partial charge in [0.25, 0.3) is 5.91 Å². The highest BCUT2D eigenvalue weighted by molar-refractivity contribution is 6.14. The van der Waals surface area contributed by atoms with E-state index < -0.39 is 29.3 Å². The summed E-state index contributed by atoms with van der Waals surface area (Å²) in [6, 6.07) is 13.5. The van der Waals surface area contributed by atoms with Crippen LogP contribution in [0.1, 0.15) is 62.0 Å². The van der Waals surface area contributed by atoms with Gasteiger partial charge in [-0.2, -0.15) is 0 Å². The summed E-state index contributed by atoms with van der Waals surface area (Å²) in [5.74, 6) is -4.29. The maximum Gasteiger partial charge on any atom is 0.251 e. The second-order valence-corrected chi connectivity index (χ2v) is 11.4. The quantitative estimate of drug-likeness (QED) is 0.193. The SMILES string of the molecule is CC(C)N(CCOc1ccc(C(=O)NC2C/C(=C\c3ccc(F)c(F)c3)C(=O)/C(=C/c3ccc(F)c(F)c3)C2)cc1)C(C)C. The van der Waals surface area contributed by atoms with E-state index in [0.717, 1.165) is 30.8 Å². The highest BCUT2D eigenvalue weighted by Gasteiger charge is 2.29. The van der Waals surface area contributed by atoms with Crippen LogP contribution in [-0.4, -0.2) is 47.9 Å². The number of carbonyl (C=O) groups excluding carboxylic acids is 2. The molecule has 1 aliphatic rings. The zero-order valence-electron chi connectivity index (χ0n) is 25.2. The molecule has 3 aromatic rings. The van der Waals surface area contributed by atoms with Crippen molar-refractivity contribution in [3.8, 4) is 5.75 Å². The van der Waals surface area contributed by atoms with E-state index in [1.807, 2.05) is 0 Å². The molecule has 0 radical (unpaired) electrons. The van der Waals surface area contributed by atoms with Crippen molar-refractivity contribution in [1.82, 2.24) is 10.2 Å². The fourth-order valence-electron chi connectivity index (χ4n) is 5.31. The van der Waals surface area contributed by atoms with Crippen LogP contribution in [0.3, 0.4) is 0 Å². The predicted octanol–water partition coefficient (Wildman–Crippen LogP) is 7.37. The van der Waals surface area contributed by atoms with Crippen LogP contribution in [-0.2, 0) is 4.79 Å². The molecule has 9 heteroatoms. The van der Waals surface area contributed by atoms with Crippen molar-refractivity contribution in [2.75, 3.05) is 13.2 Å². The Morgan fingerprint density at radius 2 is 1.32 bits per heavy atom. The summed E-state index contributed by atoms with van der Waals surface area (Å²) in [5.41, 5.74) is 1.43. The number of carbonyl (C=O) groups is 2. The van der Waals surface area contributed by atoms with Crippen molar-refractivity contribution in [2.45, 2.75) is 58.7 Å². The Labute approximate surface area is 255 Å². The van der Waals surface area contributed by atoms with Gasteiger partial charge < -0.3 is 10.1 Å². The molecule has 5 nitrogen and oxygen atoms in total. The zero-order valence-corrected chi connectivity index (χ0v) is 25.2. The molecule has 1 saturated carbocycles. The lowest BCUT2D eigenvalue weighted by Crippen LogP contribution is -2.39. The molecule has 0 bridgehead atoms. The van der Waals surface area contributed by atoms with Crippen LogP contribution in [0.25, 0.3) is 12.2 Å². The van der Waals surface area contributed by atoms with Gasteiger partial charge in [0.05, 0.1) is 0 Å². The van der Waals surface area contributed by atoms with E-state index >= 15 is 0 Å². The zero-order chi connectivity index (χ0) is 32.0. The minimum absolute atomic E-state index is 0.127. The molecule has 0 aliphatic heterocycles. The van der Waals surface area contributed by atoms with Crippen LogP contribution in [0.15, 0.2) is 71.8 Å². The second kappa shape index (κ2) is 14.5. The summed E-state index contributed by atoms with van der Waals surface area (Å²) in [7, 11) is 0. The lowest BCUT2D eigenvalue weighted by molar-refractivity contribution is -0.113. The molecule has 0 aromatic heterocycles. The maximum atomic E-state index is 13.9. The van der Waals surface area contributed by atoms with E-state index in [9.17, 15) is 27.2 Å². The number of Topliss-reactive ketones (excluding diaryl/α,β-unsaturated/α-hetero) is 1. The number of halogens is 4. The average Bonchev–Trinajstić information content (AvgIpc) is 2.97. The fraction of sp³-hybridized carbons (Fsp3) is 0.314. The third-order valence-corrected chi connectivity index (χ3v) is 7.48. The van der Waals surface area contributed by atoms with Crippen LogP contribution in [0.4, 0.5) is 17.6 Å². The summed E-state index contributed by atoms with van der Waals surface area (Å²) in [5, 5.41) is 2.94. The molecule has 0 heterocycles. The number of rotatable bonds is 10. The van der Waals surface area contributed by atoms with Gasteiger partial charge in [-0.15, -0.1) is 0 Å². The molecule has 0 saturated heterocycles. The van der Waals surface area contributed by atoms with Crippen LogP contribution < -0.4 is 10.1 Å². The fourth-order valence-corrected chi connectivity index (χ4v) is 5.31. The molecule has 4 rings (SSSR count). The second-order valence-electron chi connectivity index (χ2n) is 11.4. The van der Waals surface area contributed by atoms with E-state index in [-0.39, 0.29) is 46.8 Å². The molecule has 0 spiro atoms. The number of ether oxygens (including phenoxy) is 1. The molecule has 44 heavy (non-hydrogen) atoms. The van der Waals surface area contributed by atoms with Gasteiger partial charge >= 0.3 is 0 Å². The number of ketones is 1. The molecule has 3 aromatic carbocycles. The first-order valence-corrected chi connectivity index (χ1v) is 14.6. The first-order chi connectivity index (χ1) is 20.9. The van der Waals surface area contributed by atoms with Gasteiger partial charge in [-0.3, -0.25) is 14.5 Å². The molecule has 1 aliphatic carbocycles. The van der Waals surface area contributed by atoms with E-state index in [4.69, 9.17) is 4.74 Å². The highest BCUT2D eigenvalue weighted by Crippen LogP contribution is 2.30. The van der Waals surface area contributed by atoms with E-state index in [2.05, 4.69) is 37.9 Å². The monoisotopic (exact) mass is 608 g/mol. The molecule has 232 valence electrons. The molecular weight excluding hydrogens is 572 g/mol. The number of nitrogens with zero attached hydrogens (tertiary/aromatic N) is 1. The van der Waals surface area contributed by atoms with Crippen molar-refractivity contribution in [3.05, 3.63) is 112 Å². The first-order valence-electron chi connectivity index (χ1n) is 14.6. The third-order valence-electron chi connectivity index (χ3n) is 7.48. The van der Waals surface area contributed by atoms with Gasteiger partial charge in [0.2, 0.25) is 0 Å². The number of nitrogens with one attached hydrogen (secondary N) is 1. The van der Waals surface area contributed by atoms with Gasteiger partial charge in [-0.1, -0.05) is 12.1 Å². The third kappa shape index (κ3) is 8.44. The van der Waals surface area contributed by atoms with Crippen molar-refractivity contribution < 1.29 is 31.9 Å². The minimum atomic E-state index is -1.06. The van der Waals surface area contributed by atoms with Crippen molar-refractivity contribution >= 4 is 23.8 Å². The summed E-state index contributed by atoms with van der Waals surface area (Å²) < 4.78 is 60.6. The van der Waals surface area contributed by atoms with E-state index in [0.29, 0.717) is 30.0 Å². The summed E-state index contributed by atoms with van der Waals surface area (Å²) in [6.07, 6.45) is 3.13. The molecule has 1 amide bonds. The molecule has 1 N–H and O–H groups in total. The van der Waals surface area contributed by atoms with Crippen LogP contribution in [0, 0.1) is 23.3 Å². The molecule has 1 fully saturated rings. The normalized spacial score (nSPS) is 17.2. The Balaban J connectivity index is 1.51. The molecule has 0 unspecified atom stereocenters. The number of hydrogen-bond donors (Lipinski definition) is 1.